The second-order valence-corrected chi connectivity index (χ2v) is 3.81. The highest BCUT2D eigenvalue weighted by Gasteiger charge is 2.33. The van der Waals surface area contributed by atoms with Gasteiger partial charge in [0.25, 0.3) is 0 Å². The van der Waals surface area contributed by atoms with Crippen molar-refractivity contribution in [2.24, 2.45) is 5.92 Å². The zero-order chi connectivity index (χ0) is 9.26. The predicted molar refractivity (Wildman–Crippen MR) is 47.3 cm³/mol. The van der Waals surface area contributed by atoms with Crippen LogP contribution >= 0.6 is 0 Å². The molecule has 3 heteroatoms. The molecule has 0 saturated carbocycles. The Bertz CT molecular complexity index is 245. The number of allylic oxidation sites excluding steroid dienone is 2. The minimum Gasteiger partial charge on any atom is -0.430 e. The van der Waals surface area contributed by atoms with Crippen LogP contribution in [0.3, 0.4) is 0 Å². The third-order valence-electron chi connectivity index (χ3n) is 2.75. The molecule has 0 aromatic heterocycles. The van der Waals surface area contributed by atoms with Crippen LogP contribution in [0, 0.1) is 5.92 Å². The number of carbonyl (C=O) groups excluding carboxylic acids is 1. The van der Waals surface area contributed by atoms with Gasteiger partial charge in [0.05, 0.1) is 0 Å². The van der Waals surface area contributed by atoms with Crippen LogP contribution in [-0.2, 0) is 9.47 Å². The average molecular weight is 182 g/mol. The van der Waals surface area contributed by atoms with Crippen molar-refractivity contribution in [2.45, 2.75) is 32.3 Å². The van der Waals surface area contributed by atoms with E-state index in [-0.39, 0.29) is 6.10 Å². The van der Waals surface area contributed by atoms with Crippen molar-refractivity contribution in [1.29, 1.82) is 0 Å². The number of hydrogen-bond acceptors (Lipinski definition) is 3. The highest BCUT2D eigenvalue weighted by Crippen LogP contribution is 2.30. The van der Waals surface area contributed by atoms with E-state index in [1.54, 1.807) is 0 Å². The van der Waals surface area contributed by atoms with Crippen LogP contribution in [0.1, 0.15) is 26.2 Å². The summed E-state index contributed by atoms with van der Waals surface area (Å²) in [6.45, 7) is 2.57. The standard InChI is InChI=1S/C10H14O3/c1-7-3-2-4-8(5-7)9-6-12-10(11)13-9/h3,8-9H,2,4-6H2,1H3. The summed E-state index contributed by atoms with van der Waals surface area (Å²) in [5.74, 6) is 0.469. The highest BCUT2D eigenvalue weighted by atomic mass is 16.8. The average Bonchev–Trinajstić information content (AvgIpc) is 2.52. The number of carbonyl (C=O) groups is 1. The number of hydrogen-bond donors (Lipinski definition) is 0. The largest absolute Gasteiger partial charge is 0.508 e. The smallest absolute Gasteiger partial charge is 0.430 e. The molecule has 0 spiro atoms. The van der Waals surface area contributed by atoms with Gasteiger partial charge in [-0.05, 0) is 26.2 Å². The van der Waals surface area contributed by atoms with Gasteiger partial charge in [-0.15, -0.1) is 0 Å². The third-order valence-corrected chi connectivity index (χ3v) is 2.75. The molecule has 0 bridgehead atoms. The molecule has 2 atom stereocenters. The molecular weight excluding hydrogens is 168 g/mol. The Morgan fingerprint density at radius 2 is 2.38 bits per heavy atom. The Morgan fingerprint density at radius 1 is 1.54 bits per heavy atom. The van der Waals surface area contributed by atoms with Crippen molar-refractivity contribution >= 4 is 6.16 Å². The van der Waals surface area contributed by atoms with Crippen LogP contribution in [0.25, 0.3) is 0 Å². The van der Waals surface area contributed by atoms with Crippen LogP contribution in [-0.4, -0.2) is 18.9 Å². The molecule has 13 heavy (non-hydrogen) atoms. The monoisotopic (exact) mass is 182 g/mol. The van der Waals surface area contributed by atoms with Crippen molar-refractivity contribution in [3.05, 3.63) is 11.6 Å². The summed E-state index contributed by atoms with van der Waals surface area (Å²) in [7, 11) is 0. The molecule has 0 amide bonds. The fourth-order valence-corrected chi connectivity index (χ4v) is 2.03. The molecule has 1 fully saturated rings. The van der Waals surface area contributed by atoms with Crippen molar-refractivity contribution in [1.82, 2.24) is 0 Å². The lowest BCUT2D eigenvalue weighted by Crippen LogP contribution is -2.24. The molecule has 2 rings (SSSR count). The molecule has 1 aliphatic heterocycles. The lowest BCUT2D eigenvalue weighted by molar-refractivity contribution is 0.0942. The summed E-state index contributed by atoms with van der Waals surface area (Å²) in [5, 5.41) is 0. The number of rotatable bonds is 1. The van der Waals surface area contributed by atoms with Gasteiger partial charge in [-0.1, -0.05) is 11.6 Å². The van der Waals surface area contributed by atoms with Gasteiger partial charge in [0.2, 0.25) is 0 Å². The van der Waals surface area contributed by atoms with Crippen LogP contribution in [0.5, 0.6) is 0 Å². The topological polar surface area (TPSA) is 35.5 Å². The summed E-state index contributed by atoms with van der Waals surface area (Å²) in [6.07, 6.45) is 5.01. The Kier molecular flexibility index (Phi) is 2.25. The Labute approximate surface area is 77.7 Å². The second-order valence-electron chi connectivity index (χ2n) is 3.81. The van der Waals surface area contributed by atoms with Crippen LogP contribution in [0.4, 0.5) is 4.79 Å². The Balaban J connectivity index is 1.94. The lowest BCUT2D eigenvalue weighted by atomic mass is 9.86. The van der Waals surface area contributed by atoms with Gasteiger partial charge in [-0.25, -0.2) is 4.79 Å². The number of ether oxygens (including phenoxy) is 2. The maximum Gasteiger partial charge on any atom is 0.508 e. The number of cyclic esters (lactones) is 2. The maximum absolute atomic E-state index is 10.7. The summed E-state index contributed by atoms with van der Waals surface area (Å²) in [4.78, 5) is 10.7. The van der Waals surface area contributed by atoms with Gasteiger partial charge < -0.3 is 9.47 Å². The molecule has 1 aliphatic carbocycles. The first-order valence-corrected chi connectivity index (χ1v) is 4.75. The van der Waals surface area contributed by atoms with Gasteiger partial charge in [-0.3, -0.25) is 0 Å². The molecule has 2 aliphatic rings. The normalized spacial score (nSPS) is 33.6. The molecule has 1 heterocycles. The molecule has 0 radical (unpaired) electrons. The fourth-order valence-electron chi connectivity index (χ4n) is 2.03. The lowest BCUT2D eigenvalue weighted by Gasteiger charge is -2.23. The quantitative estimate of drug-likeness (QED) is 0.461. The van der Waals surface area contributed by atoms with Crippen LogP contribution in [0.2, 0.25) is 0 Å². The first kappa shape index (κ1) is 8.60. The van der Waals surface area contributed by atoms with Gasteiger partial charge in [0, 0.05) is 5.92 Å². The van der Waals surface area contributed by atoms with Gasteiger partial charge in [0.1, 0.15) is 12.7 Å². The van der Waals surface area contributed by atoms with E-state index in [9.17, 15) is 4.79 Å². The molecule has 0 aromatic rings. The minimum atomic E-state index is -0.503. The van der Waals surface area contributed by atoms with Gasteiger partial charge in [0.15, 0.2) is 0 Å². The van der Waals surface area contributed by atoms with E-state index >= 15 is 0 Å². The first-order valence-electron chi connectivity index (χ1n) is 4.75. The molecular formula is C10H14O3. The minimum absolute atomic E-state index is 0.00356. The third kappa shape index (κ3) is 1.85. The van der Waals surface area contributed by atoms with Crippen molar-refractivity contribution in [3.63, 3.8) is 0 Å². The van der Waals surface area contributed by atoms with E-state index in [1.807, 2.05) is 0 Å². The van der Waals surface area contributed by atoms with E-state index in [0.29, 0.717) is 12.5 Å². The zero-order valence-electron chi connectivity index (χ0n) is 7.79. The van der Waals surface area contributed by atoms with E-state index in [2.05, 4.69) is 13.0 Å². The second kappa shape index (κ2) is 3.40. The Hall–Kier alpha value is -0.990. The molecule has 72 valence electrons. The van der Waals surface area contributed by atoms with Crippen molar-refractivity contribution in [2.75, 3.05) is 6.61 Å². The summed E-state index contributed by atoms with van der Waals surface area (Å²) in [5.41, 5.74) is 1.40. The first-order chi connectivity index (χ1) is 6.25. The van der Waals surface area contributed by atoms with Crippen molar-refractivity contribution in [3.8, 4) is 0 Å². The molecule has 3 nitrogen and oxygen atoms in total. The van der Waals surface area contributed by atoms with Crippen LogP contribution < -0.4 is 0 Å². The molecule has 0 N–H and O–H groups in total. The molecule has 0 aromatic carbocycles. The zero-order valence-corrected chi connectivity index (χ0v) is 7.79. The van der Waals surface area contributed by atoms with Crippen molar-refractivity contribution < 1.29 is 14.3 Å². The molecule has 2 unspecified atom stereocenters. The Morgan fingerprint density at radius 3 is 3.00 bits per heavy atom. The summed E-state index contributed by atoms with van der Waals surface area (Å²) < 4.78 is 9.83. The summed E-state index contributed by atoms with van der Waals surface area (Å²) >= 11 is 0. The SMILES string of the molecule is CC1=CCCC(C2COC(=O)O2)C1. The van der Waals surface area contributed by atoms with Gasteiger partial charge in [-0.2, -0.15) is 0 Å². The molecule has 1 saturated heterocycles. The predicted octanol–water partition coefficient (Wildman–Crippen LogP) is 2.27. The van der Waals surface area contributed by atoms with E-state index < -0.39 is 6.16 Å². The van der Waals surface area contributed by atoms with Gasteiger partial charge >= 0.3 is 6.16 Å². The fraction of sp³-hybridized carbons (Fsp3) is 0.700. The van der Waals surface area contributed by atoms with Crippen LogP contribution in [0.15, 0.2) is 11.6 Å². The van der Waals surface area contributed by atoms with E-state index in [0.717, 1.165) is 19.3 Å². The highest BCUT2D eigenvalue weighted by molar-refractivity contribution is 5.61. The van der Waals surface area contributed by atoms with E-state index in [4.69, 9.17) is 9.47 Å². The maximum atomic E-state index is 10.7. The summed E-state index contributed by atoms with van der Waals surface area (Å²) in [6, 6.07) is 0. The van der Waals surface area contributed by atoms with E-state index in [1.165, 1.54) is 5.57 Å².